The minimum absolute atomic E-state index is 0.0614. The molecule has 1 aliphatic rings. The molecule has 0 unspecified atom stereocenters. The van der Waals surface area contributed by atoms with Crippen LogP contribution in [0.2, 0.25) is 0 Å². The van der Waals surface area contributed by atoms with Gasteiger partial charge in [0.05, 0.1) is 11.3 Å². The number of benzene rings is 3. The second kappa shape index (κ2) is 7.36. The van der Waals surface area contributed by atoms with E-state index in [1.165, 1.54) is 18.2 Å². The molecule has 0 fully saturated rings. The van der Waals surface area contributed by atoms with Crippen LogP contribution in [-0.4, -0.2) is 11.8 Å². The van der Waals surface area contributed by atoms with Crippen LogP contribution in [0.4, 0.5) is 15.8 Å². The van der Waals surface area contributed by atoms with Gasteiger partial charge in [-0.05, 0) is 48.7 Å². The molecule has 4 nitrogen and oxygen atoms in total. The zero-order chi connectivity index (χ0) is 20.5. The summed E-state index contributed by atoms with van der Waals surface area (Å²) in [5, 5.41) is 3.14. The number of para-hydroxylation sites is 1. The Morgan fingerprint density at radius 1 is 0.793 bits per heavy atom. The van der Waals surface area contributed by atoms with Gasteiger partial charge < -0.3 is 5.32 Å². The second-order valence-electron chi connectivity index (χ2n) is 6.89. The number of carbonyl (C=O) groups is 2. The van der Waals surface area contributed by atoms with Gasteiger partial charge in [-0.25, -0.2) is 9.29 Å². The number of imide groups is 1. The van der Waals surface area contributed by atoms with Crippen molar-refractivity contribution in [2.45, 2.75) is 13.8 Å². The summed E-state index contributed by atoms with van der Waals surface area (Å²) in [6.45, 7) is 3.91. The minimum atomic E-state index is -0.630. The van der Waals surface area contributed by atoms with E-state index in [0.29, 0.717) is 5.56 Å². The van der Waals surface area contributed by atoms with Crippen molar-refractivity contribution in [3.63, 3.8) is 0 Å². The van der Waals surface area contributed by atoms with E-state index >= 15 is 0 Å². The molecule has 144 valence electrons. The van der Waals surface area contributed by atoms with Gasteiger partial charge in [0.1, 0.15) is 11.5 Å². The number of halogens is 1. The van der Waals surface area contributed by atoms with Crippen LogP contribution >= 0.6 is 0 Å². The smallest absolute Gasteiger partial charge is 0.282 e. The lowest BCUT2D eigenvalue weighted by Crippen LogP contribution is -2.33. The Morgan fingerprint density at radius 3 is 2.21 bits per heavy atom. The van der Waals surface area contributed by atoms with Crippen molar-refractivity contribution in [2.75, 3.05) is 10.2 Å². The first-order valence-corrected chi connectivity index (χ1v) is 9.25. The van der Waals surface area contributed by atoms with E-state index in [1.54, 1.807) is 30.3 Å². The summed E-state index contributed by atoms with van der Waals surface area (Å²) in [6, 6.07) is 20.4. The first-order valence-electron chi connectivity index (χ1n) is 9.25. The van der Waals surface area contributed by atoms with Gasteiger partial charge in [0.25, 0.3) is 11.8 Å². The third kappa shape index (κ3) is 3.21. The number of anilines is 2. The summed E-state index contributed by atoms with van der Waals surface area (Å²) < 4.78 is 14.4. The molecule has 3 aromatic carbocycles. The van der Waals surface area contributed by atoms with Gasteiger partial charge in [0.2, 0.25) is 0 Å². The molecule has 1 aliphatic heterocycles. The lowest BCUT2D eigenvalue weighted by molar-refractivity contribution is -0.120. The fourth-order valence-electron chi connectivity index (χ4n) is 3.39. The summed E-state index contributed by atoms with van der Waals surface area (Å²) in [5.74, 6) is -1.77. The van der Waals surface area contributed by atoms with Crippen molar-refractivity contribution >= 4 is 28.8 Å². The summed E-state index contributed by atoms with van der Waals surface area (Å²) in [5.41, 5.74) is 3.64. The molecular weight excluding hydrogens is 367 g/mol. The Kier molecular flexibility index (Phi) is 4.72. The largest absolute Gasteiger partial charge is 0.350 e. The van der Waals surface area contributed by atoms with Gasteiger partial charge in [-0.2, -0.15) is 0 Å². The molecule has 0 bridgehead atoms. The molecule has 0 atom stereocenters. The van der Waals surface area contributed by atoms with E-state index in [-0.39, 0.29) is 17.0 Å². The number of amides is 2. The number of nitrogens with zero attached hydrogens (tertiary/aromatic N) is 1. The first kappa shape index (κ1) is 18.6. The predicted molar refractivity (Wildman–Crippen MR) is 112 cm³/mol. The molecule has 0 saturated heterocycles. The highest BCUT2D eigenvalue weighted by Gasteiger charge is 2.41. The maximum atomic E-state index is 14.4. The Bertz CT molecular complexity index is 1150. The minimum Gasteiger partial charge on any atom is -0.350 e. The summed E-state index contributed by atoms with van der Waals surface area (Å²) in [4.78, 5) is 27.4. The first-order chi connectivity index (χ1) is 14.0. The molecule has 0 radical (unpaired) electrons. The molecule has 3 aromatic rings. The van der Waals surface area contributed by atoms with Gasteiger partial charge in [-0.15, -0.1) is 0 Å². The molecular formula is C24H19FN2O2. The third-order valence-electron chi connectivity index (χ3n) is 5.10. The van der Waals surface area contributed by atoms with Crippen molar-refractivity contribution < 1.29 is 14.0 Å². The predicted octanol–water partition coefficient (Wildman–Crippen LogP) is 4.84. The highest BCUT2D eigenvalue weighted by atomic mass is 19.1. The molecule has 2 amide bonds. The van der Waals surface area contributed by atoms with Crippen LogP contribution in [0.5, 0.6) is 0 Å². The number of carbonyl (C=O) groups excluding carboxylic acids is 2. The fourth-order valence-corrected chi connectivity index (χ4v) is 3.39. The Balaban J connectivity index is 1.86. The van der Waals surface area contributed by atoms with E-state index < -0.39 is 17.6 Å². The van der Waals surface area contributed by atoms with Gasteiger partial charge in [0, 0.05) is 5.69 Å². The van der Waals surface area contributed by atoms with E-state index in [1.807, 2.05) is 38.1 Å². The van der Waals surface area contributed by atoms with Crippen LogP contribution < -0.4 is 10.2 Å². The normalized spacial score (nSPS) is 14.0. The van der Waals surface area contributed by atoms with Gasteiger partial charge in [-0.1, -0.05) is 54.6 Å². The van der Waals surface area contributed by atoms with Gasteiger partial charge >= 0.3 is 0 Å². The van der Waals surface area contributed by atoms with Crippen molar-refractivity contribution in [3.05, 3.63) is 101 Å². The number of rotatable bonds is 4. The van der Waals surface area contributed by atoms with Crippen LogP contribution in [0.1, 0.15) is 16.7 Å². The Hall–Kier alpha value is -3.73. The molecule has 0 aromatic heterocycles. The SMILES string of the molecule is Cc1cccc(NC2=C(c3ccccc3)C(=O)N(c3ccccc3F)C2=O)c1C. The molecule has 0 aliphatic carbocycles. The molecule has 29 heavy (non-hydrogen) atoms. The number of nitrogens with one attached hydrogen (secondary N) is 1. The highest BCUT2D eigenvalue weighted by molar-refractivity contribution is 6.46. The molecule has 0 spiro atoms. The standard InChI is InChI=1S/C24H19FN2O2/c1-15-9-8-13-19(16(15)2)26-22-21(17-10-4-3-5-11-17)23(28)27(24(22)29)20-14-7-6-12-18(20)25/h3-14,26H,1-2H3. The summed E-state index contributed by atoms with van der Waals surface area (Å²) in [7, 11) is 0. The van der Waals surface area contributed by atoms with Gasteiger partial charge in [-0.3, -0.25) is 9.59 Å². The van der Waals surface area contributed by atoms with Crippen LogP contribution in [0, 0.1) is 19.7 Å². The average Bonchev–Trinajstić information content (AvgIpc) is 2.96. The zero-order valence-electron chi connectivity index (χ0n) is 16.1. The molecule has 4 rings (SSSR count). The van der Waals surface area contributed by atoms with E-state index in [0.717, 1.165) is 21.7 Å². The average molecular weight is 386 g/mol. The lowest BCUT2D eigenvalue weighted by Gasteiger charge is -2.16. The van der Waals surface area contributed by atoms with Crippen LogP contribution in [0.15, 0.2) is 78.5 Å². The topological polar surface area (TPSA) is 49.4 Å². The van der Waals surface area contributed by atoms with E-state index in [2.05, 4.69) is 5.32 Å². The number of hydrogen-bond donors (Lipinski definition) is 1. The quantitative estimate of drug-likeness (QED) is 0.653. The number of hydrogen-bond acceptors (Lipinski definition) is 3. The number of aryl methyl sites for hydroxylation is 1. The van der Waals surface area contributed by atoms with Crippen LogP contribution in [0.25, 0.3) is 5.57 Å². The van der Waals surface area contributed by atoms with E-state index in [9.17, 15) is 14.0 Å². The maximum Gasteiger partial charge on any atom is 0.282 e. The van der Waals surface area contributed by atoms with Crippen LogP contribution in [0.3, 0.4) is 0 Å². The van der Waals surface area contributed by atoms with Crippen molar-refractivity contribution in [1.82, 2.24) is 0 Å². The fraction of sp³-hybridized carbons (Fsp3) is 0.0833. The van der Waals surface area contributed by atoms with Crippen molar-refractivity contribution in [1.29, 1.82) is 0 Å². The molecule has 0 saturated carbocycles. The van der Waals surface area contributed by atoms with Crippen molar-refractivity contribution in [3.8, 4) is 0 Å². The molecule has 1 N–H and O–H groups in total. The lowest BCUT2D eigenvalue weighted by atomic mass is 10.0. The zero-order valence-corrected chi connectivity index (χ0v) is 16.1. The van der Waals surface area contributed by atoms with Crippen LogP contribution in [-0.2, 0) is 9.59 Å². The molecule has 5 heteroatoms. The molecule has 1 heterocycles. The highest BCUT2D eigenvalue weighted by Crippen LogP contribution is 2.35. The van der Waals surface area contributed by atoms with Crippen molar-refractivity contribution in [2.24, 2.45) is 0 Å². The third-order valence-corrected chi connectivity index (χ3v) is 5.10. The second-order valence-corrected chi connectivity index (χ2v) is 6.89. The van der Waals surface area contributed by atoms with E-state index in [4.69, 9.17) is 0 Å². The van der Waals surface area contributed by atoms with Gasteiger partial charge in [0.15, 0.2) is 0 Å². The monoisotopic (exact) mass is 386 g/mol. The Morgan fingerprint density at radius 2 is 1.48 bits per heavy atom. The summed E-state index contributed by atoms with van der Waals surface area (Å²) >= 11 is 0. The Labute approximate surface area is 168 Å². The maximum absolute atomic E-state index is 14.4. The summed E-state index contributed by atoms with van der Waals surface area (Å²) in [6.07, 6.45) is 0.